The van der Waals surface area contributed by atoms with Crippen LogP contribution in [0.15, 0.2) is 48.8 Å². The summed E-state index contributed by atoms with van der Waals surface area (Å²) in [7, 11) is 0. The first-order valence-corrected chi connectivity index (χ1v) is 5.38. The van der Waals surface area contributed by atoms with E-state index in [-0.39, 0.29) is 5.78 Å². The molecule has 0 atom stereocenters. The quantitative estimate of drug-likeness (QED) is 0.754. The second-order valence-electron chi connectivity index (χ2n) is 3.73. The SMILES string of the molecule is CC(=O)c1ccc(OCc2cccnc2)cc1. The number of nitrogens with zero attached hydrogens (tertiary/aromatic N) is 1. The van der Waals surface area contributed by atoms with E-state index in [4.69, 9.17) is 4.74 Å². The first-order chi connectivity index (χ1) is 8.25. The second kappa shape index (κ2) is 5.25. The van der Waals surface area contributed by atoms with Gasteiger partial charge in [-0.15, -0.1) is 0 Å². The van der Waals surface area contributed by atoms with Crippen molar-refractivity contribution in [2.24, 2.45) is 0 Å². The lowest BCUT2D eigenvalue weighted by molar-refractivity contribution is 0.101. The van der Waals surface area contributed by atoms with Crippen molar-refractivity contribution >= 4 is 5.78 Å². The van der Waals surface area contributed by atoms with E-state index in [0.29, 0.717) is 12.2 Å². The molecule has 1 aromatic heterocycles. The van der Waals surface area contributed by atoms with E-state index in [2.05, 4.69) is 4.98 Å². The van der Waals surface area contributed by atoms with E-state index in [1.807, 2.05) is 12.1 Å². The van der Waals surface area contributed by atoms with Crippen molar-refractivity contribution in [3.8, 4) is 5.75 Å². The maximum absolute atomic E-state index is 11.1. The summed E-state index contributed by atoms with van der Waals surface area (Å²) in [4.78, 5) is 15.1. The van der Waals surface area contributed by atoms with Gasteiger partial charge in [0.25, 0.3) is 0 Å². The standard InChI is InChI=1S/C14H13NO2/c1-11(16)13-4-6-14(7-5-13)17-10-12-3-2-8-15-9-12/h2-9H,10H2,1H3. The average molecular weight is 227 g/mol. The topological polar surface area (TPSA) is 39.2 Å². The number of hydrogen-bond acceptors (Lipinski definition) is 3. The number of aromatic nitrogens is 1. The zero-order valence-electron chi connectivity index (χ0n) is 9.59. The van der Waals surface area contributed by atoms with Gasteiger partial charge in [0.2, 0.25) is 0 Å². The summed E-state index contributed by atoms with van der Waals surface area (Å²) in [6, 6.07) is 11.0. The molecule has 0 bridgehead atoms. The monoisotopic (exact) mass is 227 g/mol. The van der Waals surface area contributed by atoms with Gasteiger partial charge in [0, 0.05) is 23.5 Å². The summed E-state index contributed by atoms with van der Waals surface area (Å²) in [6.07, 6.45) is 3.50. The molecular formula is C14H13NO2. The number of ether oxygens (including phenoxy) is 1. The minimum atomic E-state index is 0.0591. The van der Waals surface area contributed by atoms with Gasteiger partial charge in [-0.3, -0.25) is 9.78 Å². The van der Waals surface area contributed by atoms with Gasteiger partial charge in [0.1, 0.15) is 12.4 Å². The Labute approximate surface area is 100 Å². The van der Waals surface area contributed by atoms with Crippen LogP contribution in [0.25, 0.3) is 0 Å². The number of hydrogen-bond donors (Lipinski definition) is 0. The van der Waals surface area contributed by atoms with Crippen molar-refractivity contribution in [3.05, 3.63) is 59.9 Å². The molecular weight excluding hydrogens is 214 g/mol. The summed E-state index contributed by atoms with van der Waals surface area (Å²) in [5.41, 5.74) is 1.71. The van der Waals surface area contributed by atoms with Crippen LogP contribution in [0.4, 0.5) is 0 Å². The van der Waals surface area contributed by atoms with E-state index < -0.39 is 0 Å². The van der Waals surface area contributed by atoms with Crippen molar-refractivity contribution in [2.75, 3.05) is 0 Å². The van der Waals surface area contributed by atoms with Crippen LogP contribution in [0.2, 0.25) is 0 Å². The first-order valence-electron chi connectivity index (χ1n) is 5.38. The Balaban J connectivity index is 1.98. The predicted molar refractivity (Wildman–Crippen MR) is 65.0 cm³/mol. The summed E-state index contributed by atoms with van der Waals surface area (Å²) >= 11 is 0. The Morgan fingerprint density at radius 1 is 1.24 bits per heavy atom. The molecule has 0 N–H and O–H groups in total. The zero-order valence-corrected chi connectivity index (χ0v) is 9.59. The fourth-order valence-electron chi connectivity index (χ4n) is 1.44. The van der Waals surface area contributed by atoms with E-state index in [9.17, 15) is 4.79 Å². The highest BCUT2D eigenvalue weighted by molar-refractivity contribution is 5.94. The summed E-state index contributed by atoms with van der Waals surface area (Å²) < 4.78 is 5.58. The molecule has 0 radical (unpaired) electrons. The molecule has 0 aliphatic rings. The van der Waals surface area contributed by atoms with Crippen molar-refractivity contribution in [1.82, 2.24) is 4.98 Å². The normalized spacial score (nSPS) is 9.94. The van der Waals surface area contributed by atoms with E-state index in [1.54, 1.807) is 43.6 Å². The minimum absolute atomic E-state index is 0.0591. The molecule has 0 spiro atoms. The van der Waals surface area contributed by atoms with Crippen LogP contribution in [0.5, 0.6) is 5.75 Å². The summed E-state index contributed by atoms with van der Waals surface area (Å²) in [5, 5.41) is 0. The van der Waals surface area contributed by atoms with Crippen LogP contribution in [-0.4, -0.2) is 10.8 Å². The van der Waals surface area contributed by atoms with Gasteiger partial charge in [-0.2, -0.15) is 0 Å². The lowest BCUT2D eigenvalue weighted by Gasteiger charge is -2.06. The summed E-state index contributed by atoms with van der Waals surface area (Å²) in [6.45, 7) is 2.03. The molecule has 0 fully saturated rings. The number of carbonyl (C=O) groups is 1. The van der Waals surface area contributed by atoms with Crippen molar-refractivity contribution < 1.29 is 9.53 Å². The van der Waals surface area contributed by atoms with Gasteiger partial charge in [0.05, 0.1) is 0 Å². The van der Waals surface area contributed by atoms with Gasteiger partial charge >= 0.3 is 0 Å². The van der Waals surface area contributed by atoms with Crippen LogP contribution in [0.1, 0.15) is 22.8 Å². The van der Waals surface area contributed by atoms with Crippen LogP contribution < -0.4 is 4.74 Å². The molecule has 0 saturated carbocycles. The highest BCUT2D eigenvalue weighted by Gasteiger charge is 1.99. The smallest absolute Gasteiger partial charge is 0.159 e. The molecule has 0 amide bonds. The molecule has 2 aromatic rings. The number of pyridine rings is 1. The molecule has 0 unspecified atom stereocenters. The lowest BCUT2D eigenvalue weighted by atomic mass is 10.1. The highest BCUT2D eigenvalue weighted by atomic mass is 16.5. The van der Waals surface area contributed by atoms with Gasteiger partial charge in [-0.05, 0) is 37.3 Å². The van der Waals surface area contributed by atoms with Crippen LogP contribution in [-0.2, 0) is 6.61 Å². The number of Topliss-reactive ketones (excluding diaryl/α,β-unsaturated/α-hetero) is 1. The minimum Gasteiger partial charge on any atom is -0.489 e. The molecule has 0 aliphatic heterocycles. The maximum Gasteiger partial charge on any atom is 0.159 e. The fourth-order valence-corrected chi connectivity index (χ4v) is 1.44. The van der Waals surface area contributed by atoms with E-state index in [1.165, 1.54) is 0 Å². The molecule has 3 heteroatoms. The zero-order chi connectivity index (χ0) is 12.1. The Kier molecular flexibility index (Phi) is 3.50. The average Bonchev–Trinajstić information content (AvgIpc) is 2.38. The highest BCUT2D eigenvalue weighted by Crippen LogP contribution is 2.14. The molecule has 86 valence electrons. The lowest BCUT2D eigenvalue weighted by Crippen LogP contribution is -1.96. The molecule has 2 rings (SSSR count). The molecule has 1 heterocycles. The molecule has 0 saturated heterocycles. The Bertz CT molecular complexity index is 491. The van der Waals surface area contributed by atoms with Crippen LogP contribution in [0.3, 0.4) is 0 Å². The molecule has 17 heavy (non-hydrogen) atoms. The van der Waals surface area contributed by atoms with Crippen molar-refractivity contribution in [1.29, 1.82) is 0 Å². The number of benzene rings is 1. The van der Waals surface area contributed by atoms with Crippen molar-refractivity contribution in [3.63, 3.8) is 0 Å². The van der Waals surface area contributed by atoms with Crippen molar-refractivity contribution in [2.45, 2.75) is 13.5 Å². The third-order valence-corrected chi connectivity index (χ3v) is 2.39. The first kappa shape index (κ1) is 11.3. The predicted octanol–water partition coefficient (Wildman–Crippen LogP) is 2.86. The third kappa shape index (κ3) is 3.14. The van der Waals surface area contributed by atoms with Gasteiger partial charge < -0.3 is 4.74 Å². The number of rotatable bonds is 4. The van der Waals surface area contributed by atoms with Gasteiger partial charge in [0.15, 0.2) is 5.78 Å². The fraction of sp³-hybridized carbons (Fsp3) is 0.143. The van der Waals surface area contributed by atoms with E-state index in [0.717, 1.165) is 11.3 Å². The van der Waals surface area contributed by atoms with Gasteiger partial charge in [-0.1, -0.05) is 6.07 Å². The van der Waals surface area contributed by atoms with Crippen LogP contribution >= 0.6 is 0 Å². The summed E-state index contributed by atoms with van der Waals surface area (Å²) in [5.74, 6) is 0.808. The molecule has 3 nitrogen and oxygen atoms in total. The Hall–Kier alpha value is -2.16. The number of ketones is 1. The van der Waals surface area contributed by atoms with E-state index >= 15 is 0 Å². The largest absolute Gasteiger partial charge is 0.489 e. The third-order valence-electron chi connectivity index (χ3n) is 2.39. The molecule has 0 aliphatic carbocycles. The Morgan fingerprint density at radius 2 is 2.00 bits per heavy atom. The maximum atomic E-state index is 11.1. The number of carbonyl (C=O) groups excluding carboxylic acids is 1. The molecule has 1 aromatic carbocycles. The van der Waals surface area contributed by atoms with Crippen LogP contribution in [0, 0.1) is 0 Å². The second-order valence-corrected chi connectivity index (χ2v) is 3.73. The Morgan fingerprint density at radius 3 is 2.59 bits per heavy atom. The van der Waals surface area contributed by atoms with Gasteiger partial charge in [-0.25, -0.2) is 0 Å².